The Morgan fingerprint density at radius 3 is 2.71 bits per heavy atom. The molecular weight excluding hydrogens is 212 g/mol. The molecule has 0 spiro atoms. The van der Waals surface area contributed by atoms with E-state index in [9.17, 15) is 0 Å². The molecule has 0 saturated carbocycles. The Balaban J connectivity index is 1.96. The van der Waals surface area contributed by atoms with Crippen molar-refractivity contribution in [2.75, 3.05) is 5.32 Å². The molecule has 0 atom stereocenters. The van der Waals surface area contributed by atoms with E-state index in [2.05, 4.69) is 20.3 Å². The van der Waals surface area contributed by atoms with Gasteiger partial charge < -0.3 is 5.32 Å². The minimum atomic E-state index is 0.580. The Kier molecular flexibility index (Phi) is 2.38. The third-order valence-corrected chi connectivity index (χ3v) is 2.41. The van der Waals surface area contributed by atoms with E-state index in [1.165, 1.54) is 0 Å². The highest BCUT2D eigenvalue weighted by Gasteiger charge is 1.99. The number of hydrogen-bond donors (Lipinski definition) is 1. The number of nitrogens with one attached hydrogen (secondary N) is 1. The first-order valence-electron chi connectivity index (χ1n) is 5.31. The Bertz CT molecular complexity index is 637. The summed E-state index contributed by atoms with van der Waals surface area (Å²) in [5.74, 6) is 0.580. The maximum Gasteiger partial charge on any atom is 0.227 e. The number of anilines is 2. The summed E-state index contributed by atoms with van der Waals surface area (Å²) in [5.41, 5.74) is 1.80. The van der Waals surface area contributed by atoms with Gasteiger partial charge in [0.1, 0.15) is 0 Å². The standard InChI is InChI=1S/C13H10N4/c1-2-4-11(5-3-1)16-13-15-8-10-6-7-14-9-12(10)17-13/h1-9H,(H,15,16,17). The van der Waals surface area contributed by atoms with Crippen LogP contribution in [0.3, 0.4) is 0 Å². The van der Waals surface area contributed by atoms with Gasteiger partial charge in [-0.3, -0.25) is 4.98 Å². The number of hydrogen-bond acceptors (Lipinski definition) is 4. The van der Waals surface area contributed by atoms with Gasteiger partial charge in [-0.15, -0.1) is 0 Å². The lowest BCUT2D eigenvalue weighted by atomic mass is 10.3. The average molecular weight is 222 g/mol. The number of para-hydroxylation sites is 1. The van der Waals surface area contributed by atoms with E-state index in [-0.39, 0.29) is 0 Å². The molecule has 4 nitrogen and oxygen atoms in total. The zero-order valence-electron chi connectivity index (χ0n) is 9.04. The molecule has 0 bridgehead atoms. The molecule has 0 aliphatic rings. The van der Waals surface area contributed by atoms with Gasteiger partial charge in [0, 0.05) is 23.5 Å². The minimum Gasteiger partial charge on any atom is -0.324 e. The Hall–Kier alpha value is -2.49. The molecule has 0 saturated heterocycles. The summed E-state index contributed by atoms with van der Waals surface area (Å²) < 4.78 is 0. The van der Waals surface area contributed by atoms with Crippen LogP contribution < -0.4 is 5.32 Å². The van der Waals surface area contributed by atoms with Crippen LogP contribution in [0.1, 0.15) is 0 Å². The third kappa shape index (κ3) is 2.06. The molecule has 82 valence electrons. The highest BCUT2D eigenvalue weighted by Crippen LogP contribution is 2.14. The van der Waals surface area contributed by atoms with E-state index in [1.54, 1.807) is 18.6 Å². The Morgan fingerprint density at radius 1 is 0.941 bits per heavy atom. The third-order valence-electron chi connectivity index (χ3n) is 2.41. The molecule has 17 heavy (non-hydrogen) atoms. The van der Waals surface area contributed by atoms with Crippen molar-refractivity contribution in [3.05, 3.63) is 55.0 Å². The minimum absolute atomic E-state index is 0.580. The van der Waals surface area contributed by atoms with Crippen molar-refractivity contribution in [3.8, 4) is 0 Å². The molecular formula is C13H10N4. The fraction of sp³-hybridized carbons (Fsp3) is 0. The second-order valence-corrected chi connectivity index (χ2v) is 3.62. The second kappa shape index (κ2) is 4.17. The largest absolute Gasteiger partial charge is 0.324 e. The number of rotatable bonds is 2. The van der Waals surface area contributed by atoms with E-state index >= 15 is 0 Å². The van der Waals surface area contributed by atoms with E-state index in [1.807, 2.05) is 36.4 Å². The van der Waals surface area contributed by atoms with Crippen LogP contribution in [0.4, 0.5) is 11.6 Å². The van der Waals surface area contributed by atoms with Crippen LogP contribution in [0.15, 0.2) is 55.0 Å². The highest BCUT2D eigenvalue weighted by molar-refractivity contribution is 5.77. The maximum absolute atomic E-state index is 4.39. The molecule has 0 aliphatic heterocycles. The predicted octanol–water partition coefficient (Wildman–Crippen LogP) is 2.77. The molecule has 3 rings (SSSR count). The second-order valence-electron chi connectivity index (χ2n) is 3.62. The number of pyridine rings is 1. The normalized spacial score (nSPS) is 10.4. The molecule has 4 heteroatoms. The first-order chi connectivity index (χ1) is 8.42. The van der Waals surface area contributed by atoms with Crippen LogP contribution in [-0.4, -0.2) is 15.0 Å². The van der Waals surface area contributed by atoms with Crippen LogP contribution in [0.5, 0.6) is 0 Å². The molecule has 2 heterocycles. The SMILES string of the molecule is c1ccc(Nc2ncc3ccncc3n2)cc1. The zero-order valence-corrected chi connectivity index (χ0v) is 9.04. The first kappa shape index (κ1) is 9.72. The number of nitrogens with zero attached hydrogens (tertiary/aromatic N) is 3. The van der Waals surface area contributed by atoms with Crippen molar-refractivity contribution in [2.45, 2.75) is 0 Å². The summed E-state index contributed by atoms with van der Waals surface area (Å²) in [6, 6.07) is 11.7. The molecule has 1 aromatic carbocycles. The lowest BCUT2D eigenvalue weighted by Crippen LogP contribution is -1.96. The lowest BCUT2D eigenvalue weighted by molar-refractivity contribution is 1.20. The van der Waals surface area contributed by atoms with Gasteiger partial charge in [0.05, 0.1) is 11.7 Å². The molecule has 0 radical (unpaired) electrons. The molecule has 3 aromatic rings. The van der Waals surface area contributed by atoms with Gasteiger partial charge in [-0.25, -0.2) is 9.97 Å². The van der Waals surface area contributed by atoms with Crippen molar-refractivity contribution >= 4 is 22.5 Å². The van der Waals surface area contributed by atoms with Gasteiger partial charge in [-0.05, 0) is 18.2 Å². The number of benzene rings is 1. The van der Waals surface area contributed by atoms with E-state index < -0.39 is 0 Å². The van der Waals surface area contributed by atoms with Crippen molar-refractivity contribution in [2.24, 2.45) is 0 Å². The summed E-state index contributed by atoms with van der Waals surface area (Å²) in [4.78, 5) is 12.7. The number of aromatic nitrogens is 3. The maximum atomic E-state index is 4.39. The van der Waals surface area contributed by atoms with E-state index in [4.69, 9.17) is 0 Å². The summed E-state index contributed by atoms with van der Waals surface area (Å²) in [7, 11) is 0. The van der Waals surface area contributed by atoms with Crippen molar-refractivity contribution in [3.63, 3.8) is 0 Å². The summed E-state index contributed by atoms with van der Waals surface area (Å²) in [6.07, 6.45) is 5.25. The van der Waals surface area contributed by atoms with Gasteiger partial charge in [0.25, 0.3) is 0 Å². The smallest absolute Gasteiger partial charge is 0.227 e. The van der Waals surface area contributed by atoms with Crippen LogP contribution in [-0.2, 0) is 0 Å². The fourth-order valence-corrected chi connectivity index (χ4v) is 1.58. The fourth-order valence-electron chi connectivity index (χ4n) is 1.58. The van der Waals surface area contributed by atoms with E-state index in [0.29, 0.717) is 5.95 Å². The molecule has 0 aliphatic carbocycles. The zero-order chi connectivity index (χ0) is 11.5. The highest BCUT2D eigenvalue weighted by atomic mass is 15.1. The number of fused-ring (bicyclic) bond motifs is 1. The Labute approximate surface area is 98.4 Å². The first-order valence-corrected chi connectivity index (χ1v) is 5.31. The van der Waals surface area contributed by atoms with Gasteiger partial charge >= 0.3 is 0 Å². The van der Waals surface area contributed by atoms with Crippen molar-refractivity contribution in [1.29, 1.82) is 0 Å². The molecule has 2 aromatic heterocycles. The Morgan fingerprint density at radius 2 is 1.82 bits per heavy atom. The summed E-state index contributed by atoms with van der Waals surface area (Å²) >= 11 is 0. The molecule has 0 unspecified atom stereocenters. The topological polar surface area (TPSA) is 50.7 Å². The molecule has 0 amide bonds. The van der Waals surface area contributed by atoms with Gasteiger partial charge in [0.15, 0.2) is 0 Å². The van der Waals surface area contributed by atoms with E-state index in [0.717, 1.165) is 16.6 Å². The van der Waals surface area contributed by atoms with Gasteiger partial charge in [-0.1, -0.05) is 18.2 Å². The molecule has 0 fully saturated rings. The van der Waals surface area contributed by atoms with Crippen LogP contribution in [0, 0.1) is 0 Å². The van der Waals surface area contributed by atoms with Crippen LogP contribution in [0.2, 0.25) is 0 Å². The molecule has 1 N–H and O–H groups in total. The lowest BCUT2D eigenvalue weighted by Gasteiger charge is -2.04. The van der Waals surface area contributed by atoms with Crippen LogP contribution >= 0.6 is 0 Å². The van der Waals surface area contributed by atoms with Crippen molar-refractivity contribution < 1.29 is 0 Å². The van der Waals surface area contributed by atoms with Crippen LogP contribution in [0.25, 0.3) is 10.9 Å². The average Bonchev–Trinajstić information content (AvgIpc) is 2.40. The van der Waals surface area contributed by atoms with Crippen molar-refractivity contribution in [1.82, 2.24) is 15.0 Å². The monoisotopic (exact) mass is 222 g/mol. The van der Waals surface area contributed by atoms with Gasteiger partial charge in [0.2, 0.25) is 5.95 Å². The predicted molar refractivity (Wildman–Crippen MR) is 67.1 cm³/mol. The summed E-state index contributed by atoms with van der Waals surface area (Å²) in [5, 5.41) is 4.13. The summed E-state index contributed by atoms with van der Waals surface area (Å²) in [6.45, 7) is 0. The quantitative estimate of drug-likeness (QED) is 0.724. The van der Waals surface area contributed by atoms with Gasteiger partial charge in [-0.2, -0.15) is 0 Å².